The summed E-state index contributed by atoms with van der Waals surface area (Å²) in [5.41, 5.74) is 0.460. The Bertz CT molecular complexity index is 368. The molecule has 1 N–H and O–H groups in total. The summed E-state index contributed by atoms with van der Waals surface area (Å²) in [6.45, 7) is 6.03. The zero-order valence-electron chi connectivity index (χ0n) is 11.3. The van der Waals surface area contributed by atoms with Crippen molar-refractivity contribution in [3.63, 3.8) is 0 Å². The summed E-state index contributed by atoms with van der Waals surface area (Å²) in [4.78, 5) is 4.24. The predicted molar refractivity (Wildman–Crippen MR) is 78.3 cm³/mol. The Hall–Kier alpha value is -0.380. The monoisotopic (exact) mass is 264 g/mol. The molecule has 3 rings (SSSR count). The third-order valence-corrected chi connectivity index (χ3v) is 5.62. The van der Waals surface area contributed by atoms with E-state index in [9.17, 15) is 0 Å². The summed E-state index contributed by atoms with van der Waals surface area (Å²) in [6.07, 6.45) is 6.82. The van der Waals surface area contributed by atoms with Gasteiger partial charge < -0.3 is 5.32 Å². The third kappa shape index (κ3) is 2.63. The lowest BCUT2D eigenvalue weighted by atomic mass is 9.92. The molecule has 1 aromatic heterocycles. The lowest BCUT2D eigenvalue weighted by Crippen LogP contribution is -2.62. The number of rotatable bonds is 3. The van der Waals surface area contributed by atoms with Crippen molar-refractivity contribution in [1.29, 1.82) is 0 Å². The summed E-state index contributed by atoms with van der Waals surface area (Å²) in [7, 11) is 0. The Labute approximate surface area is 114 Å². The van der Waals surface area contributed by atoms with E-state index in [4.69, 9.17) is 0 Å². The van der Waals surface area contributed by atoms with Crippen LogP contribution in [0.1, 0.15) is 37.5 Å². The van der Waals surface area contributed by atoms with Crippen LogP contribution in [0, 0.1) is 0 Å². The highest BCUT2D eigenvalue weighted by molar-refractivity contribution is 7.09. The van der Waals surface area contributed by atoms with Gasteiger partial charge >= 0.3 is 0 Å². The number of nitrogens with one attached hydrogen (secondary N) is 1. The second kappa shape index (κ2) is 5.32. The number of hydrogen-bond acceptors (Lipinski definition) is 3. The molecular formula is C15H24N2S. The normalized spacial score (nSPS) is 27.9. The summed E-state index contributed by atoms with van der Waals surface area (Å²) >= 11 is 1.89. The summed E-state index contributed by atoms with van der Waals surface area (Å²) in [5.74, 6) is 0. The van der Waals surface area contributed by atoms with Crippen LogP contribution in [0.4, 0.5) is 0 Å². The Balaban J connectivity index is 1.59. The first-order chi connectivity index (χ1) is 8.77. The SMILES string of the molecule is CC1CNC2(CCCC2)CN1CCc1cccs1. The van der Waals surface area contributed by atoms with Crippen molar-refractivity contribution in [1.82, 2.24) is 10.2 Å². The minimum absolute atomic E-state index is 0.460. The van der Waals surface area contributed by atoms with Crippen LogP contribution in [0.5, 0.6) is 0 Å². The predicted octanol–water partition coefficient (Wildman–Crippen LogP) is 2.90. The quantitative estimate of drug-likeness (QED) is 0.903. The van der Waals surface area contributed by atoms with Crippen molar-refractivity contribution < 1.29 is 0 Å². The molecule has 2 heterocycles. The lowest BCUT2D eigenvalue weighted by Gasteiger charge is -2.45. The first-order valence-electron chi connectivity index (χ1n) is 7.29. The van der Waals surface area contributed by atoms with Crippen molar-refractivity contribution >= 4 is 11.3 Å². The topological polar surface area (TPSA) is 15.3 Å². The van der Waals surface area contributed by atoms with Gasteiger partial charge in [-0.3, -0.25) is 4.90 Å². The van der Waals surface area contributed by atoms with Crippen LogP contribution < -0.4 is 5.32 Å². The van der Waals surface area contributed by atoms with Crippen molar-refractivity contribution in [2.24, 2.45) is 0 Å². The molecule has 1 aliphatic heterocycles. The number of nitrogens with zero attached hydrogens (tertiary/aromatic N) is 1. The number of piperazine rings is 1. The highest BCUT2D eigenvalue weighted by Gasteiger charge is 2.39. The fourth-order valence-corrected chi connectivity index (χ4v) is 4.19. The van der Waals surface area contributed by atoms with E-state index >= 15 is 0 Å². The van der Waals surface area contributed by atoms with Gasteiger partial charge in [-0.25, -0.2) is 0 Å². The van der Waals surface area contributed by atoms with Crippen molar-refractivity contribution in [2.75, 3.05) is 19.6 Å². The van der Waals surface area contributed by atoms with Gasteiger partial charge in [-0.15, -0.1) is 11.3 Å². The van der Waals surface area contributed by atoms with Crippen LogP contribution in [-0.4, -0.2) is 36.1 Å². The Morgan fingerprint density at radius 1 is 1.44 bits per heavy atom. The highest BCUT2D eigenvalue weighted by atomic mass is 32.1. The molecule has 0 aromatic carbocycles. The largest absolute Gasteiger partial charge is 0.308 e. The molecule has 18 heavy (non-hydrogen) atoms. The number of thiophene rings is 1. The standard InChI is InChI=1S/C15H24N2S/c1-13-11-16-15(7-2-3-8-15)12-17(13)9-6-14-5-4-10-18-14/h4-5,10,13,16H,2-3,6-9,11-12H2,1H3. The fraction of sp³-hybridized carbons (Fsp3) is 0.733. The molecule has 100 valence electrons. The average molecular weight is 264 g/mol. The maximum atomic E-state index is 3.83. The Kier molecular flexibility index (Phi) is 3.73. The van der Waals surface area contributed by atoms with Crippen molar-refractivity contribution in [3.05, 3.63) is 22.4 Å². The van der Waals surface area contributed by atoms with Crippen molar-refractivity contribution in [2.45, 2.75) is 50.6 Å². The molecule has 1 aliphatic carbocycles. The molecule has 0 bridgehead atoms. The molecule has 0 amide bonds. The molecule has 1 atom stereocenters. The van der Waals surface area contributed by atoms with Gasteiger partial charge in [0, 0.05) is 36.1 Å². The van der Waals surface area contributed by atoms with Crippen LogP contribution in [0.2, 0.25) is 0 Å². The average Bonchev–Trinajstić information content (AvgIpc) is 3.03. The van der Waals surface area contributed by atoms with Gasteiger partial charge in [0.25, 0.3) is 0 Å². The minimum Gasteiger partial charge on any atom is -0.308 e. The molecule has 1 saturated heterocycles. The van der Waals surface area contributed by atoms with E-state index in [1.165, 1.54) is 56.6 Å². The first-order valence-corrected chi connectivity index (χ1v) is 8.17. The maximum Gasteiger partial charge on any atom is 0.0309 e. The molecule has 2 aliphatic rings. The van der Waals surface area contributed by atoms with Gasteiger partial charge in [0.1, 0.15) is 0 Å². The van der Waals surface area contributed by atoms with Gasteiger partial charge in [-0.2, -0.15) is 0 Å². The molecule has 1 saturated carbocycles. The van der Waals surface area contributed by atoms with E-state index in [0.29, 0.717) is 11.6 Å². The molecule has 2 fully saturated rings. The highest BCUT2D eigenvalue weighted by Crippen LogP contribution is 2.33. The van der Waals surface area contributed by atoms with E-state index in [-0.39, 0.29) is 0 Å². The molecule has 3 heteroatoms. The van der Waals surface area contributed by atoms with Crippen LogP contribution in [0.15, 0.2) is 17.5 Å². The van der Waals surface area contributed by atoms with Gasteiger partial charge in [0.05, 0.1) is 0 Å². The molecule has 0 radical (unpaired) electrons. The second-order valence-corrected chi connectivity index (χ2v) is 7.05. The van der Waals surface area contributed by atoms with Crippen LogP contribution >= 0.6 is 11.3 Å². The third-order valence-electron chi connectivity index (χ3n) is 4.69. The minimum atomic E-state index is 0.460. The van der Waals surface area contributed by atoms with Crippen LogP contribution in [0.25, 0.3) is 0 Å². The Morgan fingerprint density at radius 3 is 3.00 bits per heavy atom. The van der Waals surface area contributed by atoms with E-state index in [1.807, 2.05) is 11.3 Å². The van der Waals surface area contributed by atoms with Crippen molar-refractivity contribution in [3.8, 4) is 0 Å². The molecule has 1 spiro atoms. The molecular weight excluding hydrogens is 240 g/mol. The lowest BCUT2D eigenvalue weighted by molar-refractivity contribution is 0.0905. The van der Waals surface area contributed by atoms with Gasteiger partial charge in [-0.05, 0) is 37.6 Å². The maximum absolute atomic E-state index is 3.83. The van der Waals surface area contributed by atoms with Gasteiger partial charge in [0.15, 0.2) is 0 Å². The van der Waals surface area contributed by atoms with Gasteiger partial charge in [0.2, 0.25) is 0 Å². The van der Waals surface area contributed by atoms with E-state index in [0.717, 1.165) is 0 Å². The van der Waals surface area contributed by atoms with Crippen LogP contribution in [0.3, 0.4) is 0 Å². The summed E-state index contributed by atoms with van der Waals surface area (Å²) in [5, 5.41) is 6.02. The Morgan fingerprint density at radius 2 is 2.28 bits per heavy atom. The molecule has 1 unspecified atom stereocenters. The molecule has 2 nitrogen and oxygen atoms in total. The molecule has 1 aromatic rings. The van der Waals surface area contributed by atoms with E-state index in [2.05, 4.69) is 34.7 Å². The second-order valence-electron chi connectivity index (χ2n) is 6.02. The van der Waals surface area contributed by atoms with E-state index < -0.39 is 0 Å². The number of hydrogen-bond donors (Lipinski definition) is 1. The zero-order chi connectivity index (χ0) is 12.4. The first kappa shape index (κ1) is 12.6. The summed E-state index contributed by atoms with van der Waals surface area (Å²) in [6, 6.07) is 5.12. The summed E-state index contributed by atoms with van der Waals surface area (Å²) < 4.78 is 0. The van der Waals surface area contributed by atoms with E-state index in [1.54, 1.807) is 0 Å². The van der Waals surface area contributed by atoms with Crippen LogP contribution in [-0.2, 0) is 6.42 Å². The van der Waals surface area contributed by atoms with Gasteiger partial charge in [-0.1, -0.05) is 18.9 Å². The zero-order valence-corrected chi connectivity index (χ0v) is 12.1. The smallest absolute Gasteiger partial charge is 0.0309 e. The fourth-order valence-electron chi connectivity index (χ4n) is 3.49.